The second-order valence-corrected chi connectivity index (χ2v) is 5.84. The number of hydrogen-bond donors (Lipinski definition) is 1. The van der Waals surface area contributed by atoms with Crippen LogP contribution in [-0.2, 0) is 4.79 Å². The number of para-hydroxylation sites is 2. The molecule has 1 amide bonds. The molecular formula is C18H17N5O4. The van der Waals surface area contributed by atoms with Crippen LogP contribution in [0.5, 0.6) is 17.2 Å². The van der Waals surface area contributed by atoms with Crippen molar-refractivity contribution in [2.75, 3.05) is 19.8 Å². The average Bonchev–Trinajstić information content (AvgIpc) is 3.26. The molecule has 0 spiro atoms. The molecule has 3 aromatic rings. The summed E-state index contributed by atoms with van der Waals surface area (Å²) >= 11 is 0. The van der Waals surface area contributed by atoms with Crippen LogP contribution in [-0.4, -0.2) is 52.0 Å². The number of hydrogen-bond acceptors (Lipinski definition) is 7. The lowest BCUT2D eigenvalue weighted by Gasteiger charge is -2.26. The highest BCUT2D eigenvalue weighted by Gasteiger charge is 2.21. The molecule has 0 saturated heterocycles. The quantitative estimate of drug-likeness (QED) is 0.693. The summed E-state index contributed by atoms with van der Waals surface area (Å²) in [4.78, 5) is 12.0. The van der Waals surface area contributed by atoms with Crippen molar-refractivity contribution in [2.24, 2.45) is 0 Å². The van der Waals surface area contributed by atoms with Crippen LogP contribution in [0.1, 0.15) is 0 Å². The van der Waals surface area contributed by atoms with Crippen LogP contribution in [0.25, 0.3) is 5.69 Å². The fourth-order valence-corrected chi connectivity index (χ4v) is 2.59. The standard InChI is InChI=1S/C18H17N5O4/c24-18(19-9-15-10-26-16-6-1-2-7-17(16)27-15)11-25-14-5-3-4-13(8-14)23-12-20-21-22-23/h1-8,12,15H,9-11H2,(H,19,24)/t15-/m1/s1. The first-order valence-corrected chi connectivity index (χ1v) is 8.39. The van der Waals surface area contributed by atoms with Crippen molar-refractivity contribution in [1.82, 2.24) is 25.5 Å². The second kappa shape index (κ2) is 7.73. The van der Waals surface area contributed by atoms with Crippen LogP contribution in [0, 0.1) is 0 Å². The third-order valence-electron chi connectivity index (χ3n) is 3.90. The Labute approximate surface area is 154 Å². The number of carbonyl (C=O) groups is 1. The minimum absolute atomic E-state index is 0.108. The van der Waals surface area contributed by atoms with Gasteiger partial charge >= 0.3 is 0 Å². The molecule has 0 unspecified atom stereocenters. The second-order valence-electron chi connectivity index (χ2n) is 5.84. The van der Waals surface area contributed by atoms with E-state index >= 15 is 0 Å². The van der Waals surface area contributed by atoms with Crippen LogP contribution in [0.4, 0.5) is 0 Å². The molecule has 1 aliphatic rings. The van der Waals surface area contributed by atoms with E-state index in [1.807, 2.05) is 30.3 Å². The molecule has 27 heavy (non-hydrogen) atoms. The molecule has 1 N–H and O–H groups in total. The number of tetrazole rings is 1. The van der Waals surface area contributed by atoms with E-state index in [-0.39, 0.29) is 18.6 Å². The van der Waals surface area contributed by atoms with Crippen LogP contribution in [0.2, 0.25) is 0 Å². The summed E-state index contributed by atoms with van der Waals surface area (Å²) < 4.78 is 18.5. The van der Waals surface area contributed by atoms with Gasteiger partial charge in [0, 0.05) is 6.07 Å². The number of nitrogens with zero attached hydrogens (tertiary/aromatic N) is 4. The summed E-state index contributed by atoms with van der Waals surface area (Å²) in [7, 11) is 0. The third-order valence-corrected chi connectivity index (χ3v) is 3.90. The Kier molecular flexibility index (Phi) is 4.82. The van der Waals surface area contributed by atoms with Gasteiger partial charge < -0.3 is 19.5 Å². The normalized spacial score (nSPS) is 15.2. The number of benzene rings is 2. The predicted octanol–water partition coefficient (Wildman–Crippen LogP) is 0.997. The molecule has 0 saturated carbocycles. The number of aromatic nitrogens is 4. The average molecular weight is 367 g/mol. The van der Waals surface area contributed by atoms with E-state index < -0.39 is 0 Å². The Hall–Kier alpha value is -3.62. The van der Waals surface area contributed by atoms with Crippen LogP contribution in [0.15, 0.2) is 54.9 Å². The van der Waals surface area contributed by atoms with Crippen molar-refractivity contribution < 1.29 is 19.0 Å². The van der Waals surface area contributed by atoms with Crippen LogP contribution in [0.3, 0.4) is 0 Å². The summed E-state index contributed by atoms with van der Waals surface area (Å²) in [6.45, 7) is 0.608. The van der Waals surface area contributed by atoms with E-state index in [9.17, 15) is 4.79 Å². The first-order valence-electron chi connectivity index (χ1n) is 8.39. The maximum absolute atomic E-state index is 12.0. The molecule has 4 rings (SSSR count). The fraction of sp³-hybridized carbons (Fsp3) is 0.222. The molecule has 1 aliphatic heterocycles. The molecule has 1 aromatic heterocycles. The van der Waals surface area contributed by atoms with Crippen molar-refractivity contribution in [2.45, 2.75) is 6.10 Å². The predicted molar refractivity (Wildman–Crippen MR) is 94.0 cm³/mol. The monoisotopic (exact) mass is 367 g/mol. The third kappa shape index (κ3) is 4.14. The van der Waals surface area contributed by atoms with Gasteiger partial charge in [-0.15, -0.1) is 5.10 Å². The minimum Gasteiger partial charge on any atom is -0.486 e. The van der Waals surface area contributed by atoms with Gasteiger partial charge in [0.2, 0.25) is 0 Å². The first-order chi connectivity index (χ1) is 13.3. The van der Waals surface area contributed by atoms with Crippen molar-refractivity contribution in [3.05, 3.63) is 54.9 Å². The summed E-state index contributed by atoms with van der Waals surface area (Å²) in [5.74, 6) is 1.69. The van der Waals surface area contributed by atoms with Crippen LogP contribution < -0.4 is 19.5 Å². The molecule has 9 heteroatoms. The number of rotatable bonds is 6. The highest BCUT2D eigenvalue weighted by atomic mass is 16.6. The molecule has 0 radical (unpaired) electrons. The van der Waals surface area contributed by atoms with Gasteiger partial charge in [-0.2, -0.15) is 0 Å². The smallest absolute Gasteiger partial charge is 0.258 e. The van der Waals surface area contributed by atoms with E-state index in [0.717, 1.165) is 5.69 Å². The van der Waals surface area contributed by atoms with Crippen molar-refractivity contribution in [3.8, 4) is 22.9 Å². The van der Waals surface area contributed by atoms with Gasteiger partial charge in [-0.05, 0) is 34.7 Å². The number of nitrogens with one attached hydrogen (secondary N) is 1. The summed E-state index contributed by atoms with van der Waals surface area (Å²) in [5, 5.41) is 13.8. The number of fused-ring (bicyclic) bond motifs is 1. The van der Waals surface area contributed by atoms with Gasteiger partial charge in [0.25, 0.3) is 5.91 Å². The van der Waals surface area contributed by atoms with E-state index in [1.54, 1.807) is 18.2 Å². The zero-order chi connectivity index (χ0) is 18.5. The van der Waals surface area contributed by atoms with Gasteiger partial charge in [-0.3, -0.25) is 4.79 Å². The SMILES string of the molecule is O=C(COc1cccc(-n2cnnn2)c1)NC[C@@H]1COc2ccccc2O1. The summed E-state index contributed by atoms with van der Waals surface area (Å²) in [5.41, 5.74) is 0.740. The Morgan fingerprint density at radius 2 is 2.11 bits per heavy atom. The zero-order valence-corrected chi connectivity index (χ0v) is 14.3. The fourth-order valence-electron chi connectivity index (χ4n) is 2.59. The van der Waals surface area contributed by atoms with E-state index in [1.165, 1.54) is 11.0 Å². The molecule has 138 valence electrons. The van der Waals surface area contributed by atoms with E-state index in [2.05, 4.69) is 20.8 Å². The Morgan fingerprint density at radius 1 is 1.22 bits per heavy atom. The Morgan fingerprint density at radius 3 is 2.96 bits per heavy atom. The van der Waals surface area contributed by atoms with E-state index in [0.29, 0.717) is 30.4 Å². The number of carbonyl (C=O) groups excluding carboxylic acids is 1. The minimum atomic E-state index is -0.245. The van der Waals surface area contributed by atoms with E-state index in [4.69, 9.17) is 14.2 Å². The van der Waals surface area contributed by atoms with Crippen molar-refractivity contribution in [1.29, 1.82) is 0 Å². The number of ether oxygens (including phenoxy) is 3. The lowest BCUT2D eigenvalue weighted by Crippen LogP contribution is -2.42. The molecule has 9 nitrogen and oxygen atoms in total. The topological polar surface area (TPSA) is 100 Å². The van der Waals surface area contributed by atoms with Gasteiger partial charge in [0.05, 0.1) is 12.2 Å². The molecule has 1 atom stereocenters. The molecule has 0 aliphatic carbocycles. The number of amides is 1. The summed E-state index contributed by atoms with van der Waals surface area (Å²) in [6.07, 6.45) is 1.24. The van der Waals surface area contributed by atoms with Crippen molar-refractivity contribution in [3.63, 3.8) is 0 Å². The summed E-state index contributed by atoms with van der Waals surface area (Å²) in [6, 6.07) is 14.6. The Balaban J connectivity index is 1.25. The highest BCUT2D eigenvalue weighted by molar-refractivity contribution is 5.77. The van der Waals surface area contributed by atoms with Crippen molar-refractivity contribution >= 4 is 5.91 Å². The van der Waals surface area contributed by atoms with Crippen LogP contribution >= 0.6 is 0 Å². The van der Waals surface area contributed by atoms with Gasteiger partial charge in [0.15, 0.2) is 18.1 Å². The van der Waals surface area contributed by atoms with Gasteiger partial charge in [0.1, 0.15) is 24.8 Å². The van der Waals surface area contributed by atoms with Gasteiger partial charge in [-0.1, -0.05) is 18.2 Å². The molecule has 0 bridgehead atoms. The molecule has 2 aromatic carbocycles. The lowest BCUT2D eigenvalue weighted by molar-refractivity contribution is -0.123. The molecule has 2 heterocycles. The largest absolute Gasteiger partial charge is 0.486 e. The first kappa shape index (κ1) is 16.8. The zero-order valence-electron chi connectivity index (χ0n) is 14.3. The van der Waals surface area contributed by atoms with Gasteiger partial charge in [-0.25, -0.2) is 4.68 Å². The maximum atomic E-state index is 12.0. The molecular weight excluding hydrogens is 350 g/mol. The molecule has 0 fully saturated rings. The highest BCUT2D eigenvalue weighted by Crippen LogP contribution is 2.30. The lowest BCUT2D eigenvalue weighted by atomic mass is 10.2. The Bertz CT molecular complexity index is 916. The maximum Gasteiger partial charge on any atom is 0.258 e.